The molecule has 11 heteroatoms. The number of ether oxygens (including phenoxy) is 1. The Balaban J connectivity index is 1.37. The molecule has 1 aliphatic rings. The maximum Gasteiger partial charge on any atom is 0.335 e. The molecular formula is C18H18N4O7. The summed E-state index contributed by atoms with van der Waals surface area (Å²) in [5.74, 6) is -2.96. The molecule has 0 spiro atoms. The van der Waals surface area contributed by atoms with E-state index >= 15 is 0 Å². The van der Waals surface area contributed by atoms with Crippen molar-refractivity contribution >= 4 is 34.7 Å². The third-order valence-corrected chi connectivity index (χ3v) is 3.95. The minimum absolute atomic E-state index is 0.0219. The summed E-state index contributed by atoms with van der Waals surface area (Å²) in [5.41, 5.74) is 0.738. The Kier molecular flexibility index (Phi) is 6.29. The summed E-state index contributed by atoms with van der Waals surface area (Å²) < 4.78 is 5.21. The number of para-hydroxylation sites is 2. The minimum Gasteiger partial charge on any atom is -0.492 e. The average molecular weight is 402 g/mol. The highest BCUT2D eigenvalue weighted by atomic mass is 16.7. The first-order valence-electron chi connectivity index (χ1n) is 8.84. The van der Waals surface area contributed by atoms with Crippen LogP contribution in [-0.2, 0) is 24.0 Å². The molecule has 0 unspecified atom stereocenters. The zero-order chi connectivity index (χ0) is 20.8. The number of hydrogen-bond donors (Lipinski definition) is 2. The van der Waals surface area contributed by atoms with Gasteiger partial charge in [-0.1, -0.05) is 12.1 Å². The number of nitrogens with zero attached hydrogens (tertiary/aromatic N) is 3. The van der Waals surface area contributed by atoms with Crippen molar-refractivity contribution in [3.8, 4) is 5.88 Å². The molecule has 0 radical (unpaired) electrons. The van der Waals surface area contributed by atoms with Crippen molar-refractivity contribution < 1.29 is 33.9 Å². The van der Waals surface area contributed by atoms with Gasteiger partial charge in [-0.3, -0.25) is 14.4 Å². The van der Waals surface area contributed by atoms with Crippen LogP contribution in [0, 0.1) is 0 Å². The lowest BCUT2D eigenvalue weighted by atomic mass is 10.3. The fourth-order valence-corrected chi connectivity index (χ4v) is 2.53. The maximum absolute atomic E-state index is 12.1. The Hall–Kier alpha value is -3.60. The smallest absolute Gasteiger partial charge is 0.335 e. The topological polar surface area (TPSA) is 148 Å². The molecule has 152 valence electrons. The standard InChI is InChI=1S/C18H18N4O7/c23-13-5-6-14(24)22(13)29-15(25)7-9-28-10-8-19-17(26)16-18(27)21-12-4-2-1-3-11(12)20-16/h1-4H,5-10H2,(H,19,26)(H,21,27). The number of nitrogens with one attached hydrogen (secondary N) is 1. The van der Waals surface area contributed by atoms with Crippen molar-refractivity contribution in [2.24, 2.45) is 0 Å². The van der Waals surface area contributed by atoms with Crippen LogP contribution in [0.3, 0.4) is 0 Å². The van der Waals surface area contributed by atoms with E-state index in [9.17, 15) is 24.3 Å². The van der Waals surface area contributed by atoms with Crippen LogP contribution in [-0.4, -0.2) is 63.6 Å². The molecule has 2 heterocycles. The number of fused-ring (bicyclic) bond motifs is 1. The molecule has 0 bridgehead atoms. The first kappa shape index (κ1) is 20.1. The number of hydroxylamine groups is 2. The number of rotatable bonds is 8. The van der Waals surface area contributed by atoms with Gasteiger partial charge in [0, 0.05) is 19.4 Å². The highest BCUT2D eigenvalue weighted by molar-refractivity contribution is 6.01. The molecule has 0 atom stereocenters. The number of benzene rings is 1. The molecule has 3 rings (SSSR count). The van der Waals surface area contributed by atoms with Crippen molar-refractivity contribution in [2.75, 3.05) is 19.8 Å². The Morgan fingerprint density at radius 3 is 2.41 bits per heavy atom. The van der Waals surface area contributed by atoms with E-state index in [1.165, 1.54) is 0 Å². The van der Waals surface area contributed by atoms with Crippen LogP contribution < -0.4 is 5.32 Å². The fourth-order valence-electron chi connectivity index (χ4n) is 2.53. The number of imide groups is 1. The first-order valence-corrected chi connectivity index (χ1v) is 8.84. The third-order valence-electron chi connectivity index (χ3n) is 3.95. The van der Waals surface area contributed by atoms with Gasteiger partial charge in [0.25, 0.3) is 17.7 Å². The van der Waals surface area contributed by atoms with E-state index in [0.29, 0.717) is 16.1 Å². The van der Waals surface area contributed by atoms with Crippen LogP contribution in [0.15, 0.2) is 24.3 Å². The molecule has 1 saturated heterocycles. The second-order valence-electron chi connectivity index (χ2n) is 6.05. The lowest BCUT2D eigenvalue weighted by Crippen LogP contribution is -2.32. The fraction of sp³-hybridized carbons (Fsp3) is 0.333. The van der Waals surface area contributed by atoms with Gasteiger partial charge in [-0.2, -0.15) is 0 Å². The summed E-state index contributed by atoms with van der Waals surface area (Å²) in [7, 11) is 0. The van der Waals surface area contributed by atoms with E-state index in [4.69, 9.17) is 4.74 Å². The molecule has 29 heavy (non-hydrogen) atoms. The average Bonchev–Trinajstić information content (AvgIpc) is 3.01. The van der Waals surface area contributed by atoms with Crippen molar-refractivity contribution in [2.45, 2.75) is 19.3 Å². The van der Waals surface area contributed by atoms with Gasteiger partial charge in [-0.15, -0.1) is 5.06 Å². The number of carbonyl (C=O) groups excluding carboxylic acids is 4. The van der Waals surface area contributed by atoms with Gasteiger partial charge in [0.2, 0.25) is 5.88 Å². The van der Waals surface area contributed by atoms with E-state index in [1.54, 1.807) is 24.3 Å². The Bertz CT molecular complexity index is 946. The number of aromatic hydroxyl groups is 1. The van der Waals surface area contributed by atoms with Crippen molar-refractivity contribution in [3.63, 3.8) is 0 Å². The van der Waals surface area contributed by atoms with Crippen molar-refractivity contribution in [1.29, 1.82) is 0 Å². The van der Waals surface area contributed by atoms with E-state index in [1.807, 2.05) is 0 Å². The van der Waals surface area contributed by atoms with Crippen LogP contribution in [0.1, 0.15) is 29.8 Å². The van der Waals surface area contributed by atoms with Gasteiger partial charge in [0.1, 0.15) is 0 Å². The van der Waals surface area contributed by atoms with Crippen molar-refractivity contribution in [1.82, 2.24) is 20.3 Å². The Morgan fingerprint density at radius 2 is 1.72 bits per heavy atom. The summed E-state index contributed by atoms with van der Waals surface area (Å²) in [6, 6.07) is 6.82. The summed E-state index contributed by atoms with van der Waals surface area (Å²) in [6.45, 7) is 0.166. The van der Waals surface area contributed by atoms with Gasteiger partial charge >= 0.3 is 5.97 Å². The predicted molar refractivity (Wildman–Crippen MR) is 96.2 cm³/mol. The molecule has 0 aliphatic carbocycles. The lowest BCUT2D eigenvalue weighted by Gasteiger charge is -2.12. The molecule has 2 N–H and O–H groups in total. The van der Waals surface area contributed by atoms with Gasteiger partial charge in [0.05, 0.1) is 30.7 Å². The van der Waals surface area contributed by atoms with Crippen LogP contribution in [0.4, 0.5) is 0 Å². The third kappa shape index (κ3) is 5.02. The second kappa shape index (κ2) is 9.06. The number of hydrogen-bond acceptors (Lipinski definition) is 9. The van der Waals surface area contributed by atoms with Gasteiger partial charge in [-0.25, -0.2) is 14.8 Å². The Labute approximate surface area is 164 Å². The molecule has 1 aromatic carbocycles. The second-order valence-corrected chi connectivity index (χ2v) is 6.05. The molecule has 1 aromatic heterocycles. The van der Waals surface area contributed by atoms with Gasteiger partial charge < -0.3 is 20.0 Å². The molecule has 1 fully saturated rings. The van der Waals surface area contributed by atoms with Gasteiger partial charge in [-0.05, 0) is 12.1 Å². The Morgan fingerprint density at radius 1 is 1.07 bits per heavy atom. The number of aromatic nitrogens is 2. The summed E-state index contributed by atoms with van der Waals surface area (Å²) in [4.78, 5) is 59.1. The molecule has 2 aromatic rings. The molecular weight excluding hydrogens is 384 g/mol. The van der Waals surface area contributed by atoms with Crippen LogP contribution in [0.25, 0.3) is 11.0 Å². The molecule has 1 aliphatic heterocycles. The predicted octanol–water partition coefficient (Wildman–Crippen LogP) is 0.0791. The summed E-state index contributed by atoms with van der Waals surface area (Å²) >= 11 is 0. The normalized spacial score (nSPS) is 13.7. The largest absolute Gasteiger partial charge is 0.492 e. The van der Waals surface area contributed by atoms with E-state index in [0.717, 1.165) is 0 Å². The first-order chi connectivity index (χ1) is 14.0. The number of carbonyl (C=O) groups is 4. The summed E-state index contributed by atoms with van der Waals surface area (Å²) in [6.07, 6.45) is -0.110. The molecule has 3 amide bonds. The van der Waals surface area contributed by atoms with Crippen LogP contribution in [0.5, 0.6) is 5.88 Å². The number of amides is 3. The van der Waals surface area contributed by atoms with Crippen LogP contribution in [0.2, 0.25) is 0 Å². The quantitative estimate of drug-likeness (QED) is 0.462. The van der Waals surface area contributed by atoms with E-state index in [-0.39, 0.29) is 44.7 Å². The molecule has 11 nitrogen and oxygen atoms in total. The highest BCUT2D eigenvalue weighted by Crippen LogP contribution is 2.17. The van der Waals surface area contributed by atoms with E-state index in [2.05, 4.69) is 20.1 Å². The van der Waals surface area contributed by atoms with Gasteiger partial charge in [0.15, 0.2) is 5.69 Å². The minimum atomic E-state index is -0.769. The summed E-state index contributed by atoms with van der Waals surface area (Å²) in [5, 5.41) is 12.9. The van der Waals surface area contributed by atoms with Crippen LogP contribution >= 0.6 is 0 Å². The zero-order valence-corrected chi connectivity index (χ0v) is 15.3. The van der Waals surface area contributed by atoms with E-state index < -0.39 is 29.6 Å². The monoisotopic (exact) mass is 402 g/mol. The maximum atomic E-state index is 12.1. The molecule has 0 saturated carbocycles. The van der Waals surface area contributed by atoms with Crippen molar-refractivity contribution in [3.05, 3.63) is 30.0 Å². The zero-order valence-electron chi connectivity index (χ0n) is 15.3. The highest BCUT2D eigenvalue weighted by Gasteiger charge is 2.32. The lowest BCUT2D eigenvalue weighted by molar-refractivity contribution is -0.198. The SMILES string of the molecule is O=C(CCOCCNC(=O)c1nc2ccccc2nc1O)ON1C(=O)CCC1=O.